The number of aromatic amines is 1. The van der Waals surface area contributed by atoms with E-state index in [1.165, 1.54) is 17.8 Å². The molecule has 0 aliphatic heterocycles. The van der Waals surface area contributed by atoms with E-state index in [-0.39, 0.29) is 5.82 Å². The zero-order chi connectivity index (χ0) is 15.4. The van der Waals surface area contributed by atoms with Gasteiger partial charge in [-0.25, -0.2) is 9.37 Å². The molecule has 22 heavy (non-hydrogen) atoms. The number of nitrogens with one attached hydrogen (secondary N) is 1. The molecule has 1 N–H and O–H groups in total. The Hall–Kier alpha value is -1.66. The molecule has 0 unspecified atom stereocenters. The molecule has 1 aromatic heterocycles. The average molecular weight is 334 g/mol. The molecule has 0 spiro atoms. The lowest BCUT2D eigenvalue weighted by Crippen LogP contribution is -1.87. The summed E-state index contributed by atoms with van der Waals surface area (Å²) in [5, 5.41) is 0.873. The number of rotatable bonds is 6. The molecule has 3 nitrogen and oxygen atoms in total. The first-order valence-electron chi connectivity index (χ1n) is 6.80. The first-order chi connectivity index (χ1) is 10.8. The van der Waals surface area contributed by atoms with E-state index < -0.39 is 0 Å². The number of thioether (sulfide) groups is 2. The van der Waals surface area contributed by atoms with E-state index in [1.807, 2.05) is 24.3 Å². The Balaban J connectivity index is 1.56. The van der Waals surface area contributed by atoms with Gasteiger partial charge >= 0.3 is 0 Å². The minimum Gasteiger partial charge on any atom is -0.497 e. The van der Waals surface area contributed by atoms with Crippen molar-refractivity contribution >= 4 is 34.6 Å². The van der Waals surface area contributed by atoms with Gasteiger partial charge < -0.3 is 9.72 Å². The summed E-state index contributed by atoms with van der Waals surface area (Å²) in [7, 11) is 1.65. The second-order valence-corrected chi connectivity index (χ2v) is 6.77. The average Bonchev–Trinajstić information content (AvgIpc) is 2.94. The molecule has 0 fully saturated rings. The Bertz CT molecular complexity index is 776. The van der Waals surface area contributed by atoms with Gasteiger partial charge in [0.1, 0.15) is 11.6 Å². The highest BCUT2D eigenvalue weighted by atomic mass is 32.2. The minimum absolute atomic E-state index is 0.159. The van der Waals surface area contributed by atoms with E-state index in [9.17, 15) is 4.39 Å². The molecular formula is C16H15FN2OS2. The number of imidazole rings is 1. The van der Waals surface area contributed by atoms with Crippen LogP contribution in [-0.2, 0) is 0 Å². The second-order valence-electron chi connectivity index (χ2n) is 4.55. The van der Waals surface area contributed by atoms with Crippen molar-refractivity contribution in [3.05, 3.63) is 48.3 Å². The molecule has 3 aromatic rings. The summed E-state index contributed by atoms with van der Waals surface area (Å²) in [6, 6.07) is 12.6. The normalized spacial score (nSPS) is 11.0. The van der Waals surface area contributed by atoms with Gasteiger partial charge in [-0.15, -0.1) is 11.8 Å². The van der Waals surface area contributed by atoms with Gasteiger partial charge in [-0.3, -0.25) is 0 Å². The van der Waals surface area contributed by atoms with Crippen molar-refractivity contribution in [3.8, 4) is 5.75 Å². The number of fused-ring (bicyclic) bond motifs is 1. The number of hydrogen-bond donors (Lipinski definition) is 1. The molecular weight excluding hydrogens is 319 g/mol. The summed E-state index contributed by atoms with van der Waals surface area (Å²) in [6.45, 7) is 0. The highest BCUT2D eigenvalue weighted by Gasteiger charge is 2.05. The van der Waals surface area contributed by atoms with Crippen LogP contribution in [0.25, 0.3) is 11.0 Å². The molecule has 0 radical (unpaired) electrons. The van der Waals surface area contributed by atoms with Gasteiger partial charge in [0, 0.05) is 22.5 Å². The summed E-state index contributed by atoms with van der Waals surface area (Å²) in [5.74, 6) is 2.33. The fourth-order valence-electron chi connectivity index (χ4n) is 2.01. The lowest BCUT2D eigenvalue weighted by atomic mass is 10.3. The van der Waals surface area contributed by atoms with E-state index in [4.69, 9.17) is 4.74 Å². The molecule has 0 saturated carbocycles. The lowest BCUT2D eigenvalue weighted by molar-refractivity contribution is 0.415. The van der Waals surface area contributed by atoms with Crippen LogP contribution in [-0.4, -0.2) is 28.6 Å². The Morgan fingerprint density at radius 2 is 1.95 bits per heavy atom. The maximum absolute atomic E-state index is 13.5. The van der Waals surface area contributed by atoms with Crippen LogP contribution >= 0.6 is 23.5 Å². The molecule has 0 aliphatic carbocycles. The zero-order valence-corrected chi connectivity index (χ0v) is 13.6. The number of H-pyrrole nitrogens is 1. The van der Waals surface area contributed by atoms with Crippen LogP contribution in [0.15, 0.2) is 52.5 Å². The lowest BCUT2D eigenvalue weighted by Gasteiger charge is -2.01. The van der Waals surface area contributed by atoms with E-state index in [0.717, 1.165) is 33.4 Å². The molecule has 6 heteroatoms. The van der Waals surface area contributed by atoms with Crippen LogP contribution < -0.4 is 4.74 Å². The SMILES string of the molecule is COc1ccc2nc(SCCSc3ccccc3F)[nH]c2c1. The van der Waals surface area contributed by atoms with Crippen molar-refractivity contribution in [1.82, 2.24) is 9.97 Å². The van der Waals surface area contributed by atoms with Gasteiger partial charge in [0.05, 0.1) is 18.1 Å². The molecule has 0 atom stereocenters. The molecule has 0 amide bonds. The van der Waals surface area contributed by atoms with E-state index in [0.29, 0.717) is 4.90 Å². The third kappa shape index (κ3) is 3.56. The quantitative estimate of drug-likeness (QED) is 0.528. The Morgan fingerprint density at radius 3 is 2.77 bits per heavy atom. The molecule has 1 heterocycles. The zero-order valence-electron chi connectivity index (χ0n) is 12.0. The first kappa shape index (κ1) is 15.2. The Labute approximate surface area is 136 Å². The van der Waals surface area contributed by atoms with E-state index in [2.05, 4.69) is 9.97 Å². The highest BCUT2D eigenvalue weighted by Crippen LogP contribution is 2.26. The summed E-state index contributed by atoms with van der Waals surface area (Å²) < 4.78 is 18.7. The van der Waals surface area contributed by atoms with E-state index >= 15 is 0 Å². The highest BCUT2D eigenvalue weighted by molar-refractivity contribution is 8.02. The number of aromatic nitrogens is 2. The number of methoxy groups -OCH3 is 1. The number of ether oxygens (including phenoxy) is 1. The van der Waals surface area contributed by atoms with Gasteiger partial charge in [-0.2, -0.15) is 0 Å². The van der Waals surface area contributed by atoms with Crippen LogP contribution in [0.4, 0.5) is 4.39 Å². The number of halogens is 1. The van der Waals surface area contributed by atoms with Crippen molar-refractivity contribution in [2.75, 3.05) is 18.6 Å². The summed E-state index contributed by atoms with van der Waals surface area (Å²) in [5.41, 5.74) is 1.88. The molecule has 0 saturated heterocycles. The largest absolute Gasteiger partial charge is 0.497 e. The number of hydrogen-bond acceptors (Lipinski definition) is 4. The predicted molar refractivity (Wildman–Crippen MR) is 90.5 cm³/mol. The third-order valence-electron chi connectivity index (χ3n) is 3.08. The smallest absolute Gasteiger partial charge is 0.166 e. The Morgan fingerprint density at radius 1 is 1.14 bits per heavy atom. The van der Waals surface area contributed by atoms with Crippen LogP contribution in [0, 0.1) is 5.82 Å². The maximum atomic E-state index is 13.5. The van der Waals surface area contributed by atoms with Crippen molar-refractivity contribution < 1.29 is 9.13 Å². The molecule has 2 aromatic carbocycles. The van der Waals surface area contributed by atoms with Crippen LogP contribution in [0.5, 0.6) is 5.75 Å². The Kier molecular flexibility index (Phi) is 4.90. The van der Waals surface area contributed by atoms with Crippen molar-refractivity contribution in [2.45, 2.75) is 10.1 Å². The topological polar surface area (TPSA) is 37.9 Å². The van der Waals surface area contributed by atoms with Gasteiger partial charge in [-0.1, -0.05) is 23.9 Å². The predicted octanol–water partition coefficient (Wildman–Crippen LogP) is 4.60. The number of nitrogens with zero attached hydrogens (tertiary/aromatic N) is 1. The van der Waals surface area contributed by atoms with Crippen molar-refractivity contribution in [3.63, 3.8) is 0 Å². The van der Waals surface area contributed by atoms with E-state index in [1.54, 1.807) is 31.0 Å². The van der Waals surface area contributed by atoms with Crippen molar-refractivity contribution in [1.29, 1.82) is 0 Å². The van der Waals surface area contributed by atoms with Crippen LogP contribution in [0.1, 0.15) is 0 Å². The molecule has 0 aliphatic rings. The van der Waals surface area contributed by atoms with Gasteiger partial charge in [0.25, 0.3) is 0 Å². The first-order valence-corrected chi connectivity index (χ1v) is 8.77. The standard InChI is InChI=1S/C16H15FN2OS2/c1-20-11-6-7-13-14(10-11)19-16(18-13)22-9-8-21-15-5-3-2-4-12(15)17/h2-7,10H,8-9H2,1H3,(H,18,19). The second kappa shape index (κ2) is 7.07. The summed E-state index contributed by atoms with van der Waals surface area (Å²) >= 11 is 3.16. The molecule has 3 rings (SSSR count). The number of benzene rings is 2. The monoisotopic (exact) mass is 334 g/mol. The molecule has 114 valence electrons. The van der Waals surface area contributed by atoms with Gasteiger partial charge in [-0.05, 0) is 24.3 Å². The third-order valence-corrected chi connectivity index (χ3v) is 5.27. The minimum atomic E-state index is -0.159. The maximum Gasteiger partial charge on any atom is 0.166 e. The summed E-state index contributed by atoms with van der Waals surface area (Å²) in [4.78, 5) is 8.48. The fourth-order valence-corrected chi connectivity index (χ4v) is 3.82. The van der Waals surface area contributed by atoms with Crippen LogP contribution in [0.2, 0.25) is 0 Å². The van der Waals surface area contributed by atoms with Crippen LogP contribution in [0.3, 0.4) is 0 Å². The summed E-state index contributed by atoms with van der Waals surface area (Å²) in [6.07, 6.45) is 0. The van der Waals surface area contributed by atoms with Gasteiger partial charge in [0.2, 0.25) is 0 Å². The fraction of sp³-hybridized carbons (Fsp3) is 0.188. The molecule has 0 bridgehead atoms. The van der Waals surface area contributed by atoms with Gasteiger partial charge in [0.15, 0.2) is 5.16 Å². The van der Waals surface area contributed by atoms with Crippen molar-refractivity contribution in [2.24, 2.45) is 0 Å².